The Morgan fingerprint density at radius 1 is 1.24 bits per heavy atom. The minimum Gasteiger partial charge on any atom is -0.483 e. The zero-order valence-electron chi connectivity index (χ0n) is 11.9. The van der Waals surface area contributed by atoms with Crippen molar-refractivity contribution in [2.75, 3.05) is 0 Å². The van der Waals surface area contributed by atoms with Crippen LogP contribution in [0, 0.1) is 6.92 Å². The van der Waals surface area contributed by atoms with Crippen LogP contribution in [0.3, 0.4) is 0 Å². The number of aliphatic hydroxyl groups is 1. The lowest BCUT2D eigenvalue weighted by Gasteiger charge is -2.15. The average molecular weight is 284 g/mol. The monoisotopic (exact) mass is 284 g/mol. The van der Waals surface area contributed by atoms with Crippen LogP contribution in [0.1, 0.15) is 30.3 Å². The summed E-state index contributed by atoms with van der Waals surface area (Å²) in [4.78, 5) is 4.12. The van der Waals surface area contributed by atoms with Crippen LogP contribution in [0.5, 0.6) is 5.75 Å². The maximum atomic E-state index is 9.93. The fourth-order valence-corrected chi connectivity index (χ4v) is 2.28. The third kappa shape index (κ3) is 2.73. The van der Waals surface area contributed by atoms with Crippen LogP contribution in [-0.4, -0.2) is 15.2 Å². The van der Waals surface area contributed by atoms with Crippen LogP contribution < -0.4 is 4.74 Å². The van der Waals surface area contributed by atoms with Gasteiger partial charge in [-0.3, -0.25) is 0 Å². The molecule has 0 aliphatic carbocycles. The van der Waals surface area contributed by atoms with E-state index in [4.69, 9.17) is 9.26 Å². The number of hydrogen-bond donors (Lipinski definition) is 1. The van der Waals surface area contributed by atoms with E-state index in [1.807, 2.05) is 36.4 Å². The van der Waals surface area contributed by atoms with Gasteiger partial charge in [-0.2, -0.15) is 4.98 Å². The van der Waals surface area contributed by atoms with Gasteiger partial charge >= 0.3 is 0 Å². The first-order chi connectivity index (χ1) is 10.1. The summed E-state index contributed by atoms with van der Waals surface area (Å²) in [6.45, 7) is 3.65. The van der Waals surface area contributed by atoms with Crippen LogP contribution in [-0.2, 0) is 6.61 Å². The fourth-order valence-electron chi connectivity index (χ4n) is 2.28. The molecule has 0 saturated carbocycles. The number of aliphatic hydroxyl groups excluding tert-OH is 1. The van der Waals surface area contributed by atoms with E-state index in [-0.39, 0.29) is 6.61 Å². The maximum Gasteiger partial charge on any atom is 0.264 e. The molecule has 0 amide bonds. The summed E-state index contributed by atoms with van der Waals surface area (Å²) in [5, 5.41) is 15.7. The molecule has 5 nitrogen and oxygen atoms in total. The Morgan fingerprint density at radius 2 is 2.05 bits per heavy atom. The minimum absolute atomic E-state index is 0.175. The number of nitrogens with zero attached hydrogens (tertiary/aromatic N) is 2. The fraction of sp³-hybridized carbons (Fsp3) is 0.250. The number of fused-ring (bicyclic) bond motifs is 1. The van der Waals surface area contributed by atoms with Gasteiger partial charge in [-0.1, -0.05) is 41.6 Å². The molecule has 3 rings (SSSR count). The van der Waals surface area contributed by atoms with Crippen molar-refractivity contribution in [3.05, 3.63) is 53.7 Å². The van der Waals surface area contributed by atoms with Gasteiger partial charge in [0.2, 0.25) is 0 Å². The van der Waals surface area contributed by atoms with Crippen molar-refractivity contribution in [2.45, 2.75) is 26.6 Å². The van der Waals surface area contributed by atoms with Crippen molar-refractivity contribution in [3.8, 4) is 5.75 Å². The molecule has 1 N–H and O–H groups in total. The lowest BCUT2D eigenvalue weighted by atomic mass is 10.0. The number of aryl methyl sites for hydroxylation is 1. The molecule has 3 aromatic rings. The molecule has 108 valence electrons. The largest absolute Gasteiger partial charge is 0.483 e. The summed E-state index contributed by atoms with van der Waals surface area (Å²) in [6, 6.07) is 11.7. The molecule has 2 aromatic carbocycles. The molecule has 1 aromatic heterocycles. The Kier molecular flexibility index (Phi) is 3.58. The molecule has 0 fully saturated rings. The van der Waals surface area contributed by atoms with E-state index < -0.39 is 6.10 Å². The number of rotatable bonds is 4. The predicted molar refractivity (Wildman–Crippen MR) is 77.9 cm³/mol. The van der Waals surface area contributed by atoms with Gasteiger partial charge in [0.15, 0.2) is 12.4 Å². The first-order valence-corrected chi connectivity index (χ1v) is 6.77. The zero-order chi connectivity index (χ0) is 14.8. The van der Waals surface area contributed by atoms with Crippen molar-refractivity contribution in [2.24, 2.45) is 0 Å². The summed E-state index contributed by atoms with van der Waals surface area (Å²) >= 11 is 0. The highest BCUT2D eigenvalue weighted by atomic mass is 16.5. The first-order valence-electron chi connectivity index (χ1n) is 6.77. The standard InChI is InChI=1S/C16H16N2O3/c1-10(19)13-8-7-12-5-3-4-6-14(12)16(13)20-9-15-17-11(2)18-21-15/h3-8,10,19H,9H2,1-2H3/t10-/m1/s1. The molecule has 0 saturated heterocycles. The van der Waals surface area contributed by atoms with Crippen molar-refractivity contribution >= 4 is 10.8 Å². The van der Waals surface area contributed by atoms with Gasteiger partial charge in [0.05, 0.1) is 6.10 Å². The number of aromatic nitrogens is 2. The van der Waals surface area contributed by atoms with Crippen LogP contribution in [0.2, 0.25) is 0 Å². The second-order valence-corrected chi connectivity index (χ2v) is 4.91. The summed E-state index contributed by atoms with van der Waals surface area (Å²) in [5.41, 5.74) is 0.741. The van der Waals surface area contributed by atoms with Crippen molar-refractivity contribution < 1.29 is 14.4 Å². The van der Waals surface area contributed by atoms with E-state index in [0.29, 0.717) is 17.5 Å². The predicted octanol–water partition coefficient (Wildman–Crippen LogP) is 3.16. The minimum atomic E-state index is -0.617. The topological polar surface area (TPSA) is 68.4 Å². The second-order valence-electron chi connectivity index (χ2n) is 4.91. The SMILES string of the molecule is Cc1noc(COc2c([C@@H](C)O)ccc3ccccc23)n1. The highest BCUT2D eigenvalue weighted by Crippen LogP contribution is 2.34. The Labute approximate surface area is 122 Å². The summed E-state index contributed by atoms with van der Waals surface area (Å²) < 4.78 is 10.9. The molecule has 0 unspecified atom stereocenters. The van der Waals surface area contributed by atoms with E-state index in [1.54, 1.807) is 13.8 Å². The van der Waals surface area contributed by atoms with E-state index in [1.165, 1.54) is 0 Å². The van der Waals surface area contributed by atoms with E-state index in [0.717, 1.165) is 16.3 Å². The lowest BCUT2D eigenvalue weighted by Crippen LogP contribution is -2.02. The van der Waals surface area contributed by atoms with Gasteiger partial charge < -0.3 is 14.4 Å². The van der Waals surface area contributed by atoms with E-state index >= 15 is 0 Å². The molecular formula is C16H16N2O3. The van der Waals surface area contributed by atoms with Crippen LogP contribution in [0.4, 0.5) is 0 Å². The number of benzene rings is 2. The molecule has 0 aliphatic rings. The van der Waals surface area contributed by atoms with Gasteiger partial charge in [0, 0.05) is 10.9 Å². The van der Waals surface area contributed by atoms with Crippen molar-refractivity contribution in [3.63, 3.8) is 0 Å². The Hall–Kier alpha value is -2.40. The molecule has 0 spiro atoms. The van der Waals surface area contributed by atoms with Crippen molar-refractivity contribution in [1.82, 2.24) is 10.1 Å². The average Bonchev–Trinajstić information content (AvgIpc) is 2.90. The molecule has 0 radical (unpaired) electrons. The number of hydrogen-bond acceptors (Lipinski definition) is 5. The van der Waals surface area contributed by atoms with Gasteiger partial charge in [-0.25, -0.2) is 0 Å². The van der Waals surface area contributed by atoms with Crippen LogP contribution >= 0.6 is 0 Å². The second kappa shape index (κ2) is 5.54. The Balaban J connectivity index is 1.99. The highest BCUT2D eigenvalue weighted by Gasteiger charge is 2.14. The van der Waals surface area contributed by atoms with E-state index in [2.05, 4.69) is 10.1 Å². The smallest absolute Gasteiger partial charge is 0.264 e. The summed E-state index contributed by atoms with van der Waals surface area (Å²) in [7, 11) is 0. The quantitative estimate of drug-likeness (QED) is 0.797. The molecule has 1 heterocycles. The molecule has 5 heteroatoms. The van der Waals surface area contributed by atoms with Crippen LogP contribution in [0.25, 0.3) is 10.8 Å². The highest BCUT2D eigenvalue weighted by molar-refractivity contribution is 5.89. The van der Waals surface area contributed by atoms with E-state index in [9.17, 15) is 5.11 Å². The lowest BCUT2D eigenvalue weighted by molar-refractivity contribution is 0.186. The molecule has 0 aliphatic heterocycles. The zero-order valence-corrected chi connectivity index (χ0v) is 11.9. The molecule has 0 bridgehead atoms. The van der Waals surface area contributed by atoms with Gasteiger partial charge in [-0.15, -0.1) is 0 Å². The normalized spacial score (nSPS) is 12.5. The van der Waals surface area contributed by atoms with Gasteiger partial charge in [0.1, 0.15) is 5.75 Å². The van der Waals surface area contributed by atoms with Gasteiger partial charge in [-0.05, 0) is 19.2 Å². The third-order valence-corrected chi connectivity index (χ3v) is 3.27. The third-order valence-electron chi connectivity index (χ3n) is 3.27. The van der Waals surface area contributed by atoms with Crippen molar-refractivity contribution in [1.29, 1.82) is 0 Å². The van der Waals surface area contributed by atoms with Gasteiger partial charge in [0.25, 0.3) is 5.89 Å². The molecule has 21 heavy (non-hydrogen) atoms. The summed E-state index contributed by atoms with van der Waals surface area (Å²) in [6.07, 6.45) is -0.617. The maximum absolute atomic E-state index is 9.93. The number of ether oxygens (including phenoxy) is 1. The summed E-state index contributed by atoms with van der Waals surface area (Å²) in [5.74, 6) is 1.64. The first kappa shape index (κ1) is 13.6. The Morgan fingerprint density at radius 3 is 2.76 bits per heavy atom. The molecular weight excluding hydrogens is 268 g/mol. The Bertz CT molecular complexity index is 765. The molecule has 1 atom stereocenters. The van der Waals surface area contributed by atoms with Crippen LogP contribution in [0.15, 0.2) is 40.9 Å².